The van der Waals surface area contributed by atoms with Gasteiger partial charge >= 0.3 is 5.97 Å². The van der Waals surface area contributed by atoms with Gasteiger partial charge in [-0.1, -0.05) is 24.3 Å². The molecule has 1 saturated heterocycles. The van der Waals surface area contributed by atoms with Crippen LogP contribution in [0.5, 0.6) is 11.5 Å². The van der Waals surface area contributed by atoms with Crippen molar-refractivity contribution in [3.8, 4) is 11.5 Å². The number of aliphatic hydroxyl groups is 1. The predicted octanol–water partition coefficient (Wildman–Crippen LogP) is 4.73. The fourth-order valence-corrected chi connectivity index (χ4v) is 4.67. The van der Waals surface area contributed by atoms with E-state index in [0.29, 0.717) is 39.3 Å². The summed E-state index contributed by atoms with van der Waals surface area (Å²) in [5.74, 6) is -1.05. The van der Waals surface area contributed by atoms with E-state index in [2.05, 4.69) is 0 Å². The molecule has 196 valence electrons. The Kier molecular flexibility index (Phi) is 7.52. The summed E-state index contributed by atoms with van der Waals surface area (Å²) in [4.78, 5) is 40.0. The quantitative estimate of drug-likeness (QED) is 0.210. The van der Waals surface area contributed by atoms with Crippen molar-refractivity contribution in [2.24, 2.45) is 0 Å². The number of Topliss-reactive ketones (excluding diaryl/α,β-unsaturated/α-hetero) is 1. The molecule has 0 saturated carbocycles. The average molecular weight is 516 g/mol. The first-order valence-corrected chi connectivity index (χ1v) is 11.9. The highest BCUT2D eigenvalue weighted by atomic mass is 16.5. The molecule has 0 radical (unpaired) electrons. The largest absolute Gasteiger partial charge is 0.507 e. The smallest absolute Gasteiger partial charge is 0.337 e. The van der Waals surface area contributed by atoms with Gasteiger partial charge in [0.2, 0.25) is 0 Å². The molecule has 1 N–H and O–H groups in total. The Hall–Kier alpha value is -4.59. The van der Waals surface area contributed by atoms with E-state index < -0.39 is 23.7 Å². The SMILES string of the molecule is COC(=O)c1ccc(CN2C(=O)C(=O)/C(=C(/O)c3cc(C)c(OC)cc3C)C2c2cccc(OC)c2)cc1. The van der Waals surface area contributed by atoms with Crippen molar-refractivity contribution in [2.75, 3.05) is 21.3 Å². The lowest BCUT2D eigenvalue weighted by Gasteiger charge is -2.26. The lowest BCUT2D eigenvalue weighted by Crippen LogP contribution is -2.29. The number of benzene rings is 3. The Morgan fingerprint density at radius 2 is 1.63 bits per heavy atom. The third-order valence-corrected chi connectivity index (χ3v) is 6.67. The molecule has 4 rings (SSSR count). The van der Waals surface area contributed by atoms with Crippen molar-refractivity contribution in [3.63, 3.8) is 0 Å². The van der Waals surface area contributed by atoms with Gasteiger partial charge in [0.05, 0.1) is 38.5 Å². The number of rotatable bonds is 7. The molecule has 1 aliphatic rings. The number of aryl methyl sites for hydroxylation is 2. The molecule has 1 heterocycles. The van der Waals surface area contributed by atoms with Crippen LogP contribution in [-0.4, -0.2) is 49.0 Å². The number of likely N-dealkylation sites (tertiary alicyclic amines) is 1. The zero-order chi connectivity index (χ0) is 27.6. The monoisotopic (exact) mass is 515 g/mol. The molecule has 1 aliphatic heterocycles. The minimum absolute atomic E-state index is 0.0119. The second-order valence-corrected chi connectivity index (χ2v) is 9.03. The number of carbonyl (C=O) groups excluding carboxylic acids is 3. The van der Waals surface area contributed by atoms with Crippen LogP contribution < -0.4 is 9.47 Å². The molecular formula is C30H29NO7. The molecular weight excluding hydrogens is 486 g/mol. The molecule has 1 atom stereocenters. The Morgan fingerprint density at radius 1 is 0.921 bits per heavy atom. The second-order valence-electron chi connectivity index (χ2n) is 9.03. The lowest BCUT2D eigenvalue weighted by molar-refractivity contribution is -0.140. The summed E-state index contributed by atoms with van der Waals surface area (Å²) in [5, 5.41) is 11.5. The van der Waals surface area contributed by atoms with Gasteiger partial charge in [-0.05, 0) is 72.5 Å². The van der Waals surface area contributed by atoms with Crippen LogP contribution in [0.1, 0.15) is 44.2 Å². The maximum Gasteiger partial charge on any atom is 0.337 e. The number of methoxy groups -OCH3 is 3. The Morgan fingerprint density at radius 3 is 2.26 bits per heavy atom. The molecule has 1 amide bonds. The molecule has 3 aromatic rings. The summed E-state index contributed by atoms with van der Waals surface area (Å²) in [7, 11) is 4.39. The molecule has 1 unspecified atom stereocenters. The molecule has 0 spiro atoms. The number of nitrogens with zero attached hydrogens (tertiary/aromatic N) is 1. The number of ketones is 1. The number of esters is 1. The summed E-state index contributed by atoms with van der Waals surface area (Å²) in [6.45, 7) is 3.72. The van der Waals surface area contributed by atoms with Gasteiger partial charge in [-0.15, -0.1) is 0 Å². The zero-order valence-electron chi connectivity index (χ0n) is 21.9. The van der Waals surface area contributed by atoms with Crippen LogP contribution in [0.2, 0.25) is 0 Å². The Labute approximate surface area is 221 Å². The number of ether oxygens (including phenoxy) is 3. The van der Waals surface area contributed by atoms with Gasteiger partial charge in [0.15, 0.2) is 0 Å². The number of hydrogen-bond acceptors (Lipinski definition) is 7. The van der Waals surface area contributed by atoms with Crippen LogP contribution in [0, 0.1) is 13.8 Å². The summed E-state index contributed by atoms with van der Waals surface area (Å²) >= 11 is 0. The minimum Gasteiger partial charge on any atom is -0.507 e. The van der Waals surface area contributed by atoms with Crippen molar-refractivity contribution in [2.45, 2.75) is 26.4 Å². The highest BCUT2D eigenvalue weighted by molar-refractivity contribution is 6.46. The van der Waals surface area contributed by atoms with E-state index in [1.807, 2.05) is 6.92 Å². The topological polar surface area (TPSA) is 102 Å². The Bertz CT molecular complexity index is 1440. The second kappa shape index (κ2) is 10.8. The number of aliphatic hydroxyl groups excluding tert-OH is 1. The van der Waals surface area contributed by atoms with Crippen molar-refractivity contribution in [1.29, 1.82) is 0 Å². The Balaban J connectivity index is 1.85. The summed E-state index contributed by atoms with van der Waals surface area (Å²) in [5.41, 5.74) is 3.58. The van der Waals surface area contributed by atoms with E-state index in [1.54, 1.807) is 74.7 Å². The first-order valence-electron chi connectivity index (χ1n) is 11.9. The van der Waals surface area contributed by atoms with Crippen LogP contribution in [0.25, 0.3) is 5.76 Å². The molecule has 8 nitrogen and oxygen atoms in total. The van der Waals surface area contributed by atoms with Crippen LogP contribution >= 0.6 is 0 Å². The normalized spacial score (nSPS) is 16.4. The molecule has 38 heavy (non-hydrogen) atoms. The van der Waals surface area contributed by atoms with Crippen molar-refractivity contribution >= 4 is 23.4 Å². The van der Waals surface area contributed by atoms with Crippen molar-refractivity contribution in [3.05, 3.63) is 99.6 Å². The van der Waals surface area contributed by atoms with Crippen molar-refractivity contribution < 1.29 is 33.7 Å². The number of carbonyl (C=O) groups is 3. The van der Waals surface area contributed by atoms with E-state index in [-0.39, 0.29) is 17.9 Å². The van der Waals surface area contributed by atoms with Gasteiger partial charge in [-0.3, -0.25) is 9.59 Å². The van der Waals surface area contributed by atoms with Crippen LogP contribution in [0.15, 0.2) is 66.2 Å². The highest BCUT2D eigenvalue weighted by Gasteiger charge is 2.46. The van der Waals surface area contributed by atoms with E-state index in [9.17, 15) is 19.5 Å². The molecule has 0 aromatic heterocycles. The van der Waals surface area contributed by atoms with Crippen molar-refractivity contribution in [1.82, 2.24) is 4.90 Å². The lowest BCUT2D eigenvalue weighted by atomic mass is 9.93. The fourth-order valence-electron chi connectivity index (χ4n) is 4.67. The summed E-state index contributed by atoms with van der Waals surface area (Å²) in [6.07, 6.45) is 0. The van der Waals surface area contributed by atoms with Gasteiger partial charge in [0.25, 0.3) is 11.7 Å². The number of amides is 1. The molecule has 3 aromatic carbocycles. The van der Waals surface area contributed by atoms with Gasteiger partial charge < -0.3 is 24.2 Å². The van der Waals surface area contributed by atoms with Gasteiger partial charge in [-0.25, -0.2) is 4.79 Å². The standard InChI is InChI=1S/C30H29NO7/c1-17-14-24(37-4)18(2)13-23(17)27(32)25-26(21-7-6-8-22(15-21)36-3)31(29(34)28(25)33)16-19-9-11-20(12-10-19)30(35)38-5/h6-15,26,32H,16H2,1-5H3/b27-25+. The van der Waals surface area contributed by atoms with Gasteiger partial charge in [-0.2, -0.15) is 0 Å². The molecule has 0 aliphatic carbocycles. The third kappa shape index (κ3) is 4.85. The van der Waals surface area contributed by atoms with Gasteiger partial charge in [0, 0.05) is 12.1 Å². The van der Waals surface area contributed by atoms with Crippen LogP contribution in [0.3, 0.4) is 0 Å². The first kappa shape index (κ1) is 26.5. The third-order valence-electron chi connectivity index (χ3n) is 6.67. The highest BCUT2D eigenvalue weighted by Crippen LogP contribution is 2.42. The summed E-state index contributed by atoms with van der Waals surface area (Å²) in [6, 6.07) is 16.3. The average Bonchev–Trinajstić information content (AvgIpc) is 3.18. The maximum absolute atomic E-state index is 13.4. The first-order chi connectivity index (χ1) is 18.2. The number of hydrogen-bond donors (Lipinski definition) is 1. The van der Waals surface area contributed by atoms with E-state index in [0.717, 1.165) is 5.56 Å². The molecule has 1 fully saturated rings. The zero-order valence-corrected chi connectivity index (χ0v) is 21.9. The van der Waals surface area contributed by atoms with E-state index in [4.69, 9.17) is 14.2 Å². The predicted molar refractivity (Wildman–Crippen MR) is 141 cm³/mol. The maximum atomic E-state index is 13.4. The van der Waals surface area contributed by atoms with Gasteiger partial charge in [0.1, 0.15) is 17.3 Å². The molecule has 8 heteroatoms. The molecule has 0 bridgehead atoms. The summed E-state index contributed by atoms with van der Waals surface area (Å²) < 4.78 is 15.5. The van der Waals surface area contributed by atoms with Crippen LogP contribution in [-0.2, 0) is 20.9 Å². The van der Waals surface area contributed by atoms with E-state index >= 15 is 0 Å². The minimum atomic E-state index is -0.868. The van der Waals surface area contributed by atoms with E-state index in [1.165, 1.54) is 19.1 Å². The van der Waals surface area contributed by atoms with Crippen LogP contribution in [0.4, 0.5) is 0 Å². The fraction of sp³-hybridized carbons (Fsp3) is 0.233.